The van der Waals surface area contributed by atoms with Gasteiger partial charge in [0.15, 0.2) is 11.6 Å². The topological polar surface area (TPSA) is 164 Å². The van der Waals surface area contributed by atoms with E-state index in [-0.39, 0.29) is 60.3 Å². The van der Waals surface area contributed by atoms with Gasteiger partial charge in [-0.25, -0.2) is 9.97 Å². The maximum Gasteiger partial charge on any atom is 0.222 e. The van der Waals surface area contributed by atoms with Gasteiger partial charge in [-0.1, -0.05) is 27.7 Å². The normalized spacial score (nSPS) is 14.9. The number of hydrogen-bond acceptors (Lipinski definition) is 11. The summed E-state index contributed by atoms with van der Waals surface area (Å²) in [6, 6.07) is 2.42. The number of pyridine rings is 2. The molecule has 0 saturated heterocycles. The summed E-state index contributed by atoms with van der Waals surface area (Å²) in [5.41, 5.74) is 3.62. The molecule has 0 N–H and O–H groups in total. The van der Waals surface area contributed by atoms with E-state index < -0.39 is 24.3 Å². The number of Topliss-reactive ketones (excluding diaryl/α,β-unsaturated/α-hetero) is 2. The number of likely N-dealkylation sites (N-methyl/N-ethyl adjacent to an activating group) is 2. The Labute approximate surface area is 361 Å². The first-order valence-corrected chi connectivity index (χ1v) is 21.8. The number of aryl methyl sites for hydroxylation is 2. The minimum atomic E-state index is -0.960. The predicted molar refractivity (Wildman–Crippen MR) is 236 cm³/mol. The van der Waals surface area contributed by atoms with Crippen LogP contribution in [-0.4, -0.2) is 127 Å². The number of aromatic nitrogens is 6. The second-order valence-electron chi connectivity index (χ2n) is 17.3. The Hall–Kier alpha value is -4.60. The highest BCUT2D eigenvalue weighted by Gasteiger charge is 2.36. The molecular weight excluding hydrogens is 777 g/mol. The Balaban J connectivity index is 1.32. The first-order chi connectivity index (χ1) is 29.0. The smallest absolute Gasteiger partial charge is 0.222 e. The van der Waals surface area contributed by atoms with Crippen molar-refractivity contribution >= 4 is 45.4 Å². The molecule has 0 radical (unpaired) electrons. The van der Waals surface area contributed by atoms with Crippen molar-refractivity contribution in [2.45, 2.75) is 156 Å². The second-order valence-corrected chi connectivity index (χ2v) is 17.3. The molecule has 4 rings (SSSR count). The molecule has 4 aromatic rings. The van der Waals surface area contributed by atoms with Gasteiger partial charge in [0.1, 0.15) is 34.9 Å². The molecule has 2 amide bonds. The zero-order valence-corrected chi connectivity index (χ0v) is 38.6. The molecule has 61 heavy (non-hydrogen) atoms. The van der Waals surface area contributed by atoms with Crippen LogP contribution in [-0.2, 0) is 46.5 Å². The molecule has 336 valence electrons. The summed E-state index contributed by atoms with van der Waals surface area (Å²) in [4.78, 5) is 75.9. The van der Waals surface area contributed by atoms with Gasteiger partial charge in [0.25, 0.3) is 0 Å². The van der Waals surface area contributed by atoms with E-state index >= 15 is 0 Å². The van der Waals surface area contributed by atoms with Crippen LogP contribution in [0.5, 0.6) is 0 Å². The summed E-state index contributed by atoms with van der Waals surface area (Å²) in [7, 11) is 6.68. The lowest BCUT2D eigenvalue weighted by Crippen LogP contribution is -2.50. The molecule has 15 heteroatoms. The molecule has 0 fully saturated rings. The van der Waals surface area contributed by atoms with Crippen LogP contribution in [0.15, 0.2) is 36.9 Å². The van der Waals surface area contributed by atoms with Crippen LogP contribution < -0.4 is 0 Å². The summed E-state index contributed by atoms with van der Waals surface area (Å²) in [6.45, 7) is 16.4. The standard InChI is InChI=1S/C46H70N8O7/c1-29(2)23-41(51(9)43(55)17-13-15-35(59-11)27-53-33(7)49-37-25-47-21-19-39(37)53)45(57)31(5)61-32(6)46(58)42(24-30(3)4)52(10)44(56)18-14-16-36(60-12)28-54-34(8)50-38-26-48-22-20-40(38)54/h19-22,25-26,29-32,35-36,41-42H,13-18,23-24,27-28H2,1-12H3/t31?,32?,35?,36?,41-,42-/m0/s1. The number of ether oxygens (including phenoxy) is 3. The van der Waals surface area contributed by atoms with E-state index in [1.165, 1.54) is 9.80 Å². The van der Waals surface area contributed by atoms with Gasteiger partial charge in [0.2, 0.25) is 11.8 Å². The molecule has 4 aromatic heterocycles. The molecule has 0 spiro atoms. The van der Waals surface area contributed by atoms with E-state index in [2.05, 4.69) is 29.1 Å². The number of amides is 2. The molecule has 0 aliphatic carbocycles. The van der Waals surface area contributed by atoms with Crippen molar-refractivity contribution in [1.82, 2.24) is 38.9 Å². The molecule has 0 aliphatic heterocycles. The highest BCUT2D eigenvalue weighted by Crippen LogP contribution is 2.23. The first kappa shape index (κ1) is 49.1. The van der Waals surface area contributed by atoms with Crippen LogP contribution in [0.25, 0.3) is 22.1 Å². The number of carbonyl (C=O) groups excluding carboxylic acids is 4. The SMILES string of the molecule is COC(CCCC(=O)N(C)[C@@H](CC(C)C)C(=O)C(C)OC(C)C(=O)[C@H](CC(C)C)N(C)C(=O)CCCC(Cn1c(C)nc2cnccc21)OC)Cn1c(C)nc2cnccc21. The van der Waals surface area contributed by atoms with Crippen molar-refractivity contribution in [1.29, 1.82) is 0 Å². The van der Waals surface area contributed by atoms with Crippen molar-refractivity contribution in [2.24, 2.45) is 11.8 Å². The maximum atomic E-state index is 14.1. The van der Waals surface area contributed by atoms with Gasteiger partial charge in [-0.05, 0) is 90.2 Å². The minimum Gasteiger partial charge on any atom is -0.380 e. The molecule has 0 aromatic carbocycles. The molecule has 0 bridgehead atoms. The van der Waals surface area contributed by atoms with Crippen molar-refractivity contribution < 1.29 is 33.4 Å². The van der Waals surface area contributed by atoms with E-state index in [9.17, 15) is 19.2 Å². The Kier molecular flexibility index (Phi) is 18.5. The van der Waals surface area contributed by atoms with Crippen molar-refractivity contribution in [2.75, 3.05) is 28.3 Å². The summed E-state index contributed by atoms with van der Waals surface area (Å²) in [5, 5.41) is 0. The third-order valence-corrected chi connectivity index (χ3v) is 11.7. The number of fused-ring (bicyclic) bond motifs is 2. The van der Waals surface area contributed by atoms with Crippen molar-refractivity contribution in [3.05, 3.63) is 48.6 Å². The van der Waals surface area contributed by atoms with E-state index in [1.54, 1.807) is 66.9 Å². The zero-order chi connectivity index (χ0) is 45.0. The highest BCUT2D eigenvalue weighted by molar-refractivity contribution is 5.94. The lowest BCUT2D eigenvalue weighted by molar-refractivity contribution is -0.152. The summed E-state index contributed by atoms with van der Waals surface area (Å²) in [6.07, 6.45) is 8.62. The number of carbonyl (C=O) groups is 4. The Bertz CT molecular complexity index is 1920. The third-order valence-electron chi connectivity index (χ3n) is 11.7. The second kappa shape index (κ2) is 23.0. The quantitative estimate of drug-likeness (QED) is 0.0674. The number of nitrogens with zero attached hydrogens (tertiary/aromatic N) is 8. The summed E-state index contributed by atoms with van der Waals surface area (Å²) < 4.78 is 22.0. The van der Waals surface area contributed by atoms with Gasteiger partial charge in [-0.3, -0.25) is 29.1 Å². The van der Waals surface area contributed by atoms with Crippen LogP contribution in [0.3, 0.4) is 0 Å². The van der Waals surface area contributed by atoms with E-state index in [0.29, 0.717) is 51.6 Å². The summed E-state index contributed by atoms with van der Waals surface area (Å²) >= 11 is 0. The molecule has 0 saturated carbocycles. The third kappa shape index (κ3) is 13.2. The number of ketones is 2. The number of hydrogen-bond donors (Lipinski definition) is 0. The average molecular weight is 847 g/mol. The van der Waals surface area contributed by atoms with E-state index in [0.717, 1.165) is 33.7 Å². The fraction of sp³-hybridized carbons (Fsp3) is 0.652. The Morgan fingerprint density at radius 1 is 0.639 bits per heavy atom. The first-order valence-electron chi connectivity index (χ1n) is 21.8. The van der Waals surface area contributed by atoms with Crippen molar-refractivity contribution in [3.8, 4) is 0 Å². The molecule has 4 unspecified atom stereocenters. The summed E-state index contributed by atoms with van der Waals surface area (Å²) in [5.74, 6) is 1.18. The maximum absolute atomic E-state index is 14.1. The lowest BCUT2D eigenvalue weighted by Gasteiger charge is -2.33. The fourth-order valence-corrected chi connectivity index (χ4v) is 8.11. The van der Waals surface area contributed by atoms with Crippen LogP contribution >= 0.6 is 0 Å². The van der Waals surface area contributed by atoms with Crippen molar-refractivity contribution in [3.63, 3.8) is 0 Å². The minimum absolute atomic E-state index is 0.124. The lowest BCUT2D eigenvalue weighted by atomic mass is 9.94. The van der Waals surface area contributed by atoms with Gasteiger partial charge in [-0.2, -0.15) is 0 Å². The van der Waals surface area contributed by atoms with E-state index in [1.807, 2.05) is 53.7 Å². The highest BCUT2D eigenvalue weighted by atomic mass is 16.5. The fourth-order valence-electron chi connectivity index (χ4n) is 8.11. The van der Waals surface area contributed by atoms with Gasteiger partial charge in [-0.15, -0.1) is 0 Å². The predicted octanol–water partition coefficient (Wildman–Crippen LogP) is 6.54. The molecule has 4 heterocycles. The van der Waals surface area contributed by atoms with Crippen LogP contribution in [0.1, 0.15) is 105 Å². The monoisotopic (exact) mass is 847 g/mol. The molecular formula is C46H70N8O7. The Morgan fingerprint density at radius 3 is 1.36 bits per heavy atom. The largest absolute Gasteiger partial charge is 0.380 e. The number of rotatable bonds is 26. The average Bonchev–Trinajstić information content (AvgIpc) is 3.72. The van der Waals surface area contributed by atoms with Crippen LogP contribution in [0.4, 0.5) is 0 Å². The van der Waals surface area contributed by atoms with Gasteiger partial charge < -0.3 is 33.1 Å². The molecule has 6 atom stereocenters. The van der Waals surface area contributed by atoms with Crippen LogP contribution in [0, 0.1) is 25.7 Å². The zero-order valence-electron chi connectivity index (χ0n) is 38.6. The van der Waals surface area contributed by atoms with Gasteiger partial charge in [0, 0.05) is 53.6 Å². The van der Waals surface area contributed by atoms with Crippen LogP contribution in [0.2, 0.25) is 0 Å². The number of imidazole rings is 2. The Morgan fingerprint density at radius 2 is 1.02 bits per heavy atom. The molecule has 15 nitrogen and oxygen atoms in total. The van der Waals surface area contributed by atoms with Gasteiger partial charge in [0.05, 0.1) is 60.8 Å². The molecule has 0 aliphatic rings. The van der Waals surface area contributed by atoms with E-state index in [4.69, 9.17) is 14.2 Å². The number of methoxy groups -OCH3 is 2. The van der Waals surface area contributed by atoms with Gasteiger partial charge >= 0.3 is 0 Å².